The molecule has 4 nitrogen and oxygen atoms in total. The molecule has 0 fully saturated rings. The minimum atomic E-state index is -1.19. The second-order valence-corrected chi connectivity index (χ2v) is 5.84. The largest absolute Gasteiger partial charge is 0.496 e. The zero-order valence-electron chi connectivity index (χ0n) is 12.5. The fourth-order valence-electron chi connectivity index (χ4n) is 2.25. The lowest BCUT2D eigenvalue weighted by molar-refractivity contribution is 0.0766. The summed E-state index contributed by atoms with van der Waals surface area (Å²) in [6.45, 7) is 3.17. The molecule has 1 heterocycles. The van der Waals surface area contributed by atoms with E-state index >= 15 is 0 Å². The van der Waals surface area contributed by atoms with E-state index in [2.05, 4.69) is 0 Å². The van der Waals surface area contributed by atoms with Crippen molar-refractivity contribution in [2.45, 2.75) is 19.4 Å². The van der Waals surface area contributed by atoms with Gasteiger partial charge in [-0.2, -0.15) is 0 Å². The molecule has 0 saturated carbocycles. The van der Waals surface area contributed by atoms with Crippen LogP contribution in [-0.2, 0) is 12.6 Å². The van der Waals surface area contributed by atoms with Gasteiger partial charge in [0.1, 0.15) is 5.75 Å². The second-order valence-electron chi connectivity index (χ2n) is 5.40. The van der Waals surface area contributed by atoms with Crippen LogP contribution in [0.3, 0.4) is 0 Å². The first-order chi connectivity index (χ1) is 9.75. The van der Waals surface area contributed by atoms with Gasteiger partial charge in [0.25, 0.3) is 5.56 Å². The van der Waals surface area contributed by atoms with E-state index in [-0.39, 0.29) is 5.56 Å². The molecule has 0 radical (unpaired) electrons. The summed E-state index contributed by atoms with van der Waals surface area (Å²) in [5, 5.41) is 10.6. The van der Waals surface area contributed by atoms with E-state index in [0.29, 0.717) is 22.0 Å². The summed E-state index contributed by atoms with van der Waals surface area (Å²) in [6.07, 6.45) is 0. The number of aromatic nitrogens is 1. The first-order valence-electron chi connectivity index (χ1n) is 6.52. The minimum absolute atomic E-state index is 0.248. The van der Waals surface area contributed by atoms with E-state index in [1.165, 1.54) is 4.57 Å². The molecule has 21 heavy (non-hydrogen) atoms. The Hall–Kier alpha value is -1.78. The van der Waals surface area contributed by atoms with Crippen LogP contribution in [0.2, 0.25) is 5.02 Å². The number of hydrogen-bond acceptors (Lipinski definition) is 3. The van der Waals surface area contributed by atoms with E-state index in [9.17, 15) is 9.90 Å². The van der Waals surface area contributed by atoms with Crippen molar-refractivity contribution in [3.8, 4) is 17.0 Å². The molecule has 112 valence electrons. The van der Waals surface area contributed by atoms with E-state index in [1.807, 2.05) is 0 Å². The molecule has 0 saturated heterocycles. The molecule has 0 atom stereocenters. The minimum Gasteiger partial charge on any atom is -0.496 e. The number of nitrogens with zero attached hydrogens (tertiary/aromatic N) is 1. The monoisotopic (exact) mass is 307 g/mol. The summed E-state index contributed by atoms with van der Waals surface area (Å²) in [5.74, 6) is 0.630. The van der Waals surface area contributed by atoms with Crippen LogP contribution in [0.5, 0.6) is 5.75 Å². The van der Waals surface area contributed by atoms with Crippen molar-refractivity contribution in [1.82, 2.24) is 4.57 Å². The summed E-state index contributed by atoms with van der Waals surface area (Å²) < 4.78 is 6.81. The highest BCUT2D eigenvalue weighted by molar-refractivity contribution is 6.30. The predicted molar refractivity (Wildman–Crippen MR) is 83.9 cm³/mol. The number of rotatable bonds is 3. The molecular formula is C16H18ClNO3. The van der Waals surface area contributed by atoms with Gasteiger partial charge in [0.05, 0.1) is 18.4 Å². The maximum Gasteiger partial charge on any atom is 0.256 e. The van der Waals surface area contributed by atoms with Gasteiger partial charge in [0, 0.05) is 23.2 Å². The molecule has 0 amide bonds. The predicted octanol–water partition coefficient (Wildman–Crippen LogP) is 2.94. The van der Waals surface area contributed by atoms with Gasteiger partial charge in [-0.05, 0) is 44.2 Å². The van der Waals surface area contributed by atoms with Crippen molar-refractivity contribution < 1.29 is 9.84 Å². The molecule has 0 aliphatic rings. The zero-order valence-corrected chi connectivity index (χ0v) is 13.2. The van der Waals surface area contributed by atoms with Crippen molar-refractivity contribution in [1.29, 1.82) is 0 Å². The van der Waals surface area contributed by atoms with Gasteiger partial charge in [-0.15, -0.1) is 0 Å². The molecule has 0 aliphatic heterocycles. The number of ether oxygens (including phenoxy) is 1. The lowest BCUT2D eigenvalue weighted by Crippen LogP contribution is -2.31. The average Bonchev–Trinajstić information content (AvgIpc) is 2.40. The van der Waals surface area contributed by atoms with Gasteiger partial charge < -0.3 is 14.4 Å². The molecule has 5 heteroatoms. The standard InChI is InChI=1S/C16H18ClNO3/c1-16(2,20)12-6-7-13(18(3)15(12)19)11-9-10(17)5-8-14(11)21-4/h5-9,20H,1-4H3. The summed E-state index contributed by atoms with van der Waals surface area (Å²) in [7, 11) is 3.23. The Kier molecular flexibility index (Phi) is 4.12. The fraction of sp³-hybridized carbons (Fsp3) is 0.312. The van der Waals surface area contributed by atoms with Gasteiger partial charge >= 0.3 is 0 Å². The first-order valence-corrected chi connectivity index (χ1v) is 6.90. The highest BCUT2D eigenvalue weighted by atomic mass is 35.5. The molecule has 2 aromatic rings. The molecule has 2 rings (SSSR count). The maximum atomic E-state index is 12.4. The van der Waals surface area contributed by atoms with Crippen LogP contribution in [0.4, 0.5) is 0 Å². The van der Waals surface area contributed by atoms with Crippen LogP contribution in [0.15, 0.2) is 35.1 Å². The quantitative estimate of drug-likeness (QED) is 0.948. The molecule has 1 aromatic carbocycles. The Labute approximate surface area is 128 Å². The van der Waals surface area contributed by atoms with Crippen LogP contribution in [0.1, 0.15) is 19.4 Å². The van der Waals surface area contributed by atoms with Crippen molar-refractivity contribution in [2.75, 3.05) is 7.11 Å². The summed E-state index contributed by atoms with van der Waals surface area (Å²) >= 11 is 6.04. The Bertz CT molecular complexity index is 729. The number of halogens is 1. The third-order valence-electron chi connectivity index (χ3n) is 3.40. The summed E-state index contributed by atoms with van der Waals surface area (Å²) in [5.41, 5.74) is 0.308. The molecule has 0 bridgehead atoms. The van der Waals surface area contributed by atoms with Gasteiger partial charge in [-0.1, -0.05) is 11.6 Å². The van der Waals surface area contributed by atoms with E-state index in [4.69, 9.17) is 16.3 Å². The lowest BCUT2D eigenvalue weighted by Gasteiger charge is -2.20. The van der Waals surface area contributed by atoms with Crippen molar-refractivity contribution in [3.63, 3.8) is 0 Å². The van der Waals surface area contributed by atoms with Crippen molar-refractivity contribution in [3.05, 3.63) is 51.3 Å². The smallest absolute Gasteiger partial charge is 0.256 e. The Morgan fingerprint density at radius 1 is 1.24 bits per heavy atom. The van der Waals surface area contributed by atoms with E-state index < -0.39 is 5.60 Å². The van der Waals surface area contributed by atoms with Crippen molar-refractivity contribution in [2.24, 2.45) is 7.05 Å². The number of benzene rings is 1. The van der Waals surface area contributed by atoms with E-state index in [0.717, 1.165) is 5.56 Å². The Balaban J connectivity index is 2.70. The van der Waals surface area contributed by atoms with Crippen LogP contribution < -0.4 is 10.3 Å². The lowest BCUT2D eigenvalue weighted by atomic mass is 9.98. The second kappa shape index (κ2) is 5.54. The van der Waals surface area contributed by atoms with Crippen LogP contribution >= 0.6 is 11.6 Å². The maximum absolute atomic E-state index is 12.4. The summed E-state index contributed by atoms with van der Waals surface area (Å²) in [6, 6.07) is 8.65. The number of pyridine rings is 1. The van der Waals surface area contributed by atoms with Crippen LogP contribution in [0.25, 0.3) is 11.3 Å². The average molecular weight is 308 g/mol. The third-order valence-corrected chi connectivity index (χ3v) is 3.64. The molecule has 0 spiro atoms. The highest BCUT2D eigenvalue weighted by Gasteiger charge is 2.22. The van der Waals surface area contributed by atoms with Crippen LogP contribution in [0, 0.1) is 0 Å². The van der Waals surface area contributed by atoms with Gasteiger partial charge in [-0.25, -0.2) is 0 Å². The van der Waals surface area contributed by atoms with Gasteiger partial charge in [0.2, 0.25) is 0 Å². The molecule has 0 aliphatic carbocycles. The fourth-order valence-corrected chi connectivity index (χ4v) is 2.42. The Morgan fingerprint density at radius 3 is 2.48 bits per heavy atom. The Morgan fingerprint density at radius 2 is 1.90 bits per heavy atom. The molecule has 1 N–H and O–H groups in total. The highest BCUT2D eigenvalue weighted by Crippen LogP contribution is 2.32. The normalized spacial score (nSPS) is 11.5. The van der Waals surface area contributed by atoms with Crippen LogP contribution in [-0.4, -0.2) is 16.8 Å². The molecular weight excluding hydrogens is 290 g/mol. The SMILES string of the molecule is COc1ccc(Cl)cc1-c1ccc(C(C)(C)O)c(=O)n1C. The molecule has 0 unspecified atom stereocenters. The first kappa shape index (κ1) is 15.6. The van der Waals surface area contributed by atoms with Gasteiger partial charge in [-0.3, -0.25) is 4.79 Å². The molecule has 1 aromatic heterocycles. The zero-order chi connectivity index (χ0) is 15.8. The third kappa shape index (κ3) is 2.96. The van der Waals surface area contributed by atoms with E-state index in [1.54, 1.807) is 58.3 Å². The van der Waals surface area contributed by atoms with Gasteiger partial charge in [0.15, 0.2) is 0 Å². The number of methoxy groups -OCH3 is 1. The van der Waals surface area contributed by atoms with Crippen molar-refractivity contribution >= 4 is 11.6 Å². The number of hydrogen-bond donors (Lipinski definition) is 1. The number of aliphatic hydroxyl groups is 1. The summed E-state index contributed by atoms with van der Waals surface area (Å²) in [4.78, 5) is 12.4. The topological polar surface area (TPSA) is 51.5 Å².